The summed E-state index contributed by atoms with van der Waals surface area (Å²) in [6, 6.07) is 10.2. The van der Waals surface area contributed by atoms with E-state index in [9.17, 15) is 9.59 Å². The Bertz CT molecular complexity index is 808. The second-order valence-corrected chi connectivity index (χ2v) is 8.56. The van der Waals surface area contributed by atoms with Gasteiger partial charge in [0.25, 0.3) is 0 Å². The van der Waals surface area contributed by atoms with Gasteiger partial charge in [0, 0.05) is 36.6 Å². The SMILES string of the molecule is O=C(CN1CCN(C(=O)Cc2cccs2)CC1)c1ccc2c(c1)CCCC2. The van der Waals surface area contributed by atoms with Crippen molar-refractivity contribution in [1.82, 2.24) is 9.80 Å². The molecule has 1 aromatic heterocycles. The summed E-state index contributed by atoms with van der Waals surface area (Å²) >= 11 is 1.63. The van der Waals surface area contributed by atoms with E-state index >= 15 is 0 Å². The summed E-state index contributed by atoms with van der Waals surface area (Å²) in [5.74, 6) is 0.389. The molecule has 0 saturated carbocycles. The third-order valence-corrected chi connectivity index (χ3v) is 6.54. The first-order valence-electron chi connectivity index (χ1n) is 9.86. The number of nitrogens with zero attached hydrogens (tertiary/aromatic N) is 2. The quantitative estimate of drug-likeness (QED) is 0.746. The molecular formula is C22H26N2O2S. The molecule has 0 unspecified atom stereocenters. The number of hydrogen-bond acceptors (Lipinski definition) is 4. The number of carbonyl (C=O) groups is 2. The van der Waals surface area contributed by atoms with Crippen LogP contribution in [0.3, 0.4) is 0 Å². The summed E-state index contributed by atoms with van der Waals surface area (Å²) in [6.45, 7) is 3.41. The molecule has 0 N–H and O–H groups in total. The Kier molecular flexibility index (Phi) is 5.69. The van der Waals surface area contributed by atoms with Crippen LogP contribution in [0, 0.1) is 0 Å². The van der Waals surface area contributed by atoms with Gasteiger partial charge in [0.15, 0.2) is 5.78 Å². The number of fused-ring (bicyclic) bond motifs is 1. The van der Waals surface area contributed by atoms with E-state index < -0.39 is 0 Å². The number of piperazine rings is 1. The molecule has 1 fully saturated rings. The van der Waals surface area contributed by atoms with Crippen LogP contribution in [0.25, 0.3) is 0 Å². The second kappa shape index (κ2) is 8.36. The standard InChI is InChI=1S/C22H26N2O2S/c25-21(19-8-7-17-4-1-2-5-18(17)14-19)16-23-9-11-24(12-10-23)22(26)15-20-6-3-13-27-20/h3,6-8,13-14H,1-2,4-5,9-12,15-16H2. The topological polar surface area (TPSA) is 40.6 Å². The Morgan fingerprint density at radius 2 is 1.74 bits per heavy atom. The molecule has 4 nitrogen and oxygen atoms in total. The van der Waals surface area contributed by atoms with Gasteiger partial charge >= 0.3 is 0 Å². The first kappa shape index (κ1) is 18.4. The zero-order valence-corrected chi connectivity index (χ0v) is 16.5. The number of carbonyl (C=O) groups excluding carboxylic acids is 2. The van der Waals surface area contributed by atoms with Crippen molar-refractivity contribution in [3.05, 3.63) is 57.3 Å². The van der Waals surface area contributed by atoms with Gasteiger partial charge in [0.2, 0.25) is 5.91 Å². The van der Waals surface area contributed by atoms with E-state index in [1.54, 1.807) is 11.3 Å². The van der Waals surface area contributed by atoms with Crippen LogP contribution >= 0.6 is 11.3 Å². The molecule has 0 spiro atoms. The highest BCUT2D eigenvalue weighted by atomic mass is 32.1. The Labute approximate surface area is 164 Å². The summed E-state index contributed by atoms with van der Waals surface area (Å²) in [5, 5.41) is 2.01. The zero-order valence-electron chi connectivity index (χ0n) is 15.7. The van der Waals surface area contributed by atoms with Gasteiger partial charge in [-0.3, -0.25) is 14.5 Å². The van der Waals surface area contributed by atoms with E-state index in [1.165, 1.54) is 24.0 Å². The van der Waals surface area contributed by atoms with Gasteiger partial charge in [0.1, 0.15) is 0 Å². The Morgan fingerprint density at radius 1 is 0.963 bits per heavy atom. The van der Waals surface area contributed by atoms with Crippen molar-refractivity contribution in [2.75, 3.05) is 32.7 Å². The highest BCUT2D eigenvalue weighted by Gasteiger charge is 2.23. The molecule has 0 bridgehead atoms. The minimum atomic E-state index is 0.193. The lowest BCUT2D eigenvalue weighted by Crippen LogP contribution is -2.50. The van der Waals surface area contributed by atoms with Gasteiger partial charge < -0.3 is 4.90 Å². The summed E-state index contributed by atoms with van der Waals surface area (Å²) in [5.41, 5.74) is 3.61. The average Bonchev–Trinajstić information content (AvgIpc) is 3.21. The average molecular weight is 383 g/mol. The lowest BCUT2D eigenvalue weighted by molar-refractivity contribution is -0.132. The number of rotatable bonds is 5. The smallest absolute Gasteiger partial charge is 0.227 e. The molecule has 27 heavy (non-hydrogen) atoms. The van der Waals surface area contributed by atoms with Gasteiger partial charge in [-0.15, -0.1) is 11.3 Å². The fraction of sp³-hybridized carbons (Fsp3) is 0.455. The number of hydrogen-bond donors (Lipinski definition) is 0. The van der Waals surface area contributed by atoms with Gasteiger partial charge in [-0.25, -0.2) is 0 Å². The molecule has 2 heterocycles. The Balaban J connectivity index is 1.28. The van der Waals surface area contributed by atoms with Gasteiger partial charge in [-0.1, -0.05) is 18.2 Å². The highest BCUT2D eigenvalue weighted by Crippen LogP contribution is 2.22. The molecule has 4 rings (SSSR count). The molecule has 1 saturated heterocycles. The molecule has 2 aromatic rings. The Morgan fingerprint density at radius 3 is 2.48 bits per heavy atom. The van der Waals surface area contributed by atoms with Crippen molar-refractivity contribution < 1.29 is 9.59 Å². The van der Waals surface area contributed by atoms with Crippen molar-refractivity contribution in [2.45, 2.75) is 32.1 Å². The molecule has 1 amide bonds. The van der Waals surface area contributed by atoms with Crippen LogP contribution in [0.1, 0.15) is 39.2 Å². The summed E-state index contributed by atoms with van der Waals surface area (Å²) in [7, 11) is 0. The number of aryl methyl sites for hydroxylation is 2. The summed E-state index contributed by atoms with van der Waals surface area (Å²) < 4.78 is 0. The largest absolute Gasteiger partial charge is 0.340 e. The molecule has 0 atom stereocenters. The van der Waals surface area contributed by atoms with E-state index in [-0.39, 0.29) is 11.7 Å². The molecule has 1 aliphatic heterocycles. The van der Waals surface area contributed by atoms with Crippen LogP contribution in [0.2, 0.25) is 0 Å². The van der Waals surface area contributed by atoms with Crippen molar-refractivity contribution in [3.8, 4) is 0 Å². The molecule has 142 valence electrons. The molecular weight excluding hydrogens is 356 g/mol. The van der Waals surface area contributed by atoms with Crippen LogP contribution < -0.4 is 0 Å². The fourth-order valence-corrected chi connectivity index (χ4v) is 4.73. The molecule has 5 heteroatoms. The highest BCUT2D eigenvalue weighted by molar-refractivity contribution is 7.10. The Hall–Kier alpha value is -1.98. The summed E-state index contributed by atoms with van der Waals surface area (Å²) in [4.78, 5) is 30.3. The van der Waals surface area contributed by atoms with Crippen LogP contribution in [0.4, 0.5) is 0 Å². The van der Waals surface area contributed by atoms with Gasteiger partial charge in [0.05, 0.1) is 13.0 Å². The van der Waals surface area contributed by atoms with Crippen LogP contribution in [-0.2, 0) is 24.1 Å². The minimum absolute atomic E-state index is 0.193. The van der Waals surface area contributed by atoms with Crippen molar-refractivity contribution in [1.29, 1.82) is 0 Å². The maximum absolute atomic E-state index is 12.7. The maximum atomic E-state index is 12.7. The lowest BCUT2D eigenvalue weighted by atomic mass is 9.90. The van der Waals surface area contributed by atoms with Crippen LogP contribution in [-0.4, -0.2) is 54.2 Å². The zero-order chi connectivity index (χ0) is 18.6. The third-order valence-electron chi connectivity index (χ3n) is 5.67. The molecule has 2 aliphatic rings. The van der Waals surface area contributed by atoms with Crippen LogP contribution in [0.15, 0.2) is 35.7 Å². The first-order chi connectivity index (χ1) is 13.2. The third kappa shape index (κ3) is 4.47. The monoisotopic (exact) mass is 382 g/mol. The van der Waals surface area contributed by atoms with Gasteiger partial charge in [-0.05, 0) is 54.3 Å². The predicted molar refractivity (Wildman–Crippen MR) is 108 cm³/mol. The molecule has 1 aliphatic carbocycles. The molecule has 1 aromatic carbocycles. The molecule has 0 radical (unpaired) electrons. The van der Waals surface area contributed by atoms with E-state index in [0.29, 0.717) is 26.1 Å². The van der Waals surface area contributed by atoms with E-state index in [2.05, 4.69) is 17.0 Å². The number of Topliss-reactive ketones (excluding diaryl/α,β-unsaturated/α-hetero) is 1. The van der Waals surface area contributed by atoms with E-state index in [1.807, 2.05) is 28.5 Å². The van der Waals surface area contributed by atoms with E-state index in [4.69, 9.17) is 0 Å². The van der Waals surface area contributed by atoms with Crippen molar-refractivity contribution >= 4 is 23.0 Å². The first-order valence-corrected chi connectivity index (χ1v) is 10.7. The lowest BCUT2D eigenvalue weighted by Gasteiger charge is -2.34. The van der Waals surface area contributed by atoms with Crippen molar-refractivity contribution in [3.63, 3.8) is 0 Å². The van der Waals surface area contributed by atoms with Gasteiger partial charge in [-0.2, -0.15) is 0 Å². The maximum Gasteiger partial charge on any atom is 0.227 e. The minimum Gasteiger partial charge on any atom is -0.340 e. The van der Waals surface area contributed by atoms with Crippen molar-refractivity contribution in [2.24, 2.45) is 0 Å². The predicted octanol–water partition coefficient (Wildman–Crippen LogP) is 3.20. The normalized spacial score (nSPS) is 17.6. The fourth-order valence-electron chi connectivity index (χ4n) is 4.03. The number of benzene rings is 1. The van der Waals surface area contributed by atoms with E-state index in [0.717, 1.165) is 36.4 Å². The second-order valence-electron chi connectivity index (χ2n) is 7.53. The number of thiophene rings is 1. The summed E-state index contributed by atoms with van der Waals surface area (Å²) in [6.07, 6.45) is 5.22. The number of amides is 1. The number of ketones is 1. The van der Waals surface area contributed by atoms with Crippen LogP contribution in [0.5, 0.6) is 0 Å².